The Labute approximate surface area is 194 Å². The molecular formula is C26H29N3O4. The first-order chi connectivity index (χ1) is 16.1. The van der Waals surface area contributed by atoms with Gasteiger partial charge in [0.25, 0.3) is 0 Å². The molecule has 3 aromatic rings. The second kappa shape index (κ2) is 8.83. The van der Waals surface area contributed by atoms with Crippen LogP contribution >= 0.6 is 0 Å². The molecule has 0 bridgehead atoms. The van der Waals surface area contributed by atoms with Crippen LogP contribution in [-0.2, 0) is 6.61 Å². The van der Waals surface area contributed by atoms with Crippen molar-refractivity contribution in [2.45, 2.75) is 6.61 Å². The van der Waals surface area contributed by atoms with Gasteiger partial charge in [-0.25, -0.2) is 0 Å². The van der Waals surface area contributed by atoms with E-state index in [1.807, 2.05) is 24.5 Å². The lowest BCUT2D eigenvalue weighted by molar-refractivity contribution is 0.301. The van der Waals surface area contributed by atoms with Gasteiger partial charge in [-0.1, -0.05) is 0 Å². The molecule has 2 aliphatic heterocycles. The van der Waals surface area contributed by atoms with Crippen molar-refractivity contribution in [3.63, 3.8) is 0 Å². The number of ether oxygens (including phenoxy) is 4. The van der Waals surface area contributed by atoms with E-state index in [4.69, 9.17) is 18.9 Å². The van der Waals surface area contributed by atoms with Crippen LogP contribution < -0.4 is 23.8 Å². The number of likely N-dealkylation sites (N-methyl/N-ethyl adjacent to an activating group) is 1. The Balaban J connectivity index is 1.54. The first kappa shape index (κ1) is 21.4. The molecule has 2 aliphatic rings. The van der Waals surface area contributed by atoms with Gasteiger partial charge in [0.15, 0.2) is 11.5 Å². The van der Waals surface area contributed by atoms with E-state index in [0.29, 0.717) is 23.9 Å². The second-order valence-electron chi connectivity index (χ2n) is 8.39. The van der Waals surface area contributed by atoms with Crippen LogP contribution in [0.2, 0.25) is 0 Å². The molecule has 5 rings (SSSR count). The molecule has 2 aromatic carbocycles. The maximum Gasteiger partial charge on any atom is 0.203 e. The average Bonchev–Trinajstić information content (AvgIpc) is 2.87. The number of methoxy groups -OCH3 is 3. The van der Waals surface area contributed by atoms with Crippen molar-refractivity contribution in [3.8, 4) is 45.3 Å². The molecule has 172 valence electrons. The molecule has 0 N–H and O–H groups in total. The third-order valence-corrected chi connectivity index (χ3v) is 6.53. The van der Waals surface area contributed by atoms with Crippen molar-refractivity contribution in [1.29, 1.82) is 0 Å². The summed E-state index contributed by atoms with van der Waals surface area (Å²) >= 11 is 0. The van der Waals surface area contributed by atoms with Gasteiger partial charge in [-0.15, -0.1) is 0 Å². The fourth-order valence-corrected chi connectivity index (χ4v) is 4.62. The smallest absolute Gasteiger partial charge is 0.203 e. The van der Waals surface area contributed by atoms with Gasteiger partial charge in [0.2, 0.25) is 5.75 Å². The van der Waals surface area contributed by atoms with Crippen LogP contribution in [0.25, 0.3) is 22.3 Å². The lowest BCUT2D eigenvalue weighted by Crippen LogP contribution is -2.44. The highest BCUT2D eigenvalue weighted by Crippen LogP contribution is 2.45. The molecule has 7 heteroatoms. The standard InChI is InChI=1S/C26H29N3O4/c1-28-7-9-29(10-8-28)18-5-6-19-21-15-27-14-20(22(21)16-33-23(19)13-18)17-11-24(30-2)26(32-4)25(12-17)31-3/h5-6,11-15H,7-10,16H2,1-4H3. The fraction of sp³-hybridized carbons (Fsp3) is 0.346. The highest BCUT2D eigenvalue weighted by molar-refractivity contribution is 5.84. The van der Waals surface area contributed by atoms with Gasteiger partial charge in [-0.05, 0) is 36.9 Å². The molecular weight excluding hydrogens is 418 g/mol. The van der Waals surface area contributed by atoms with E-state index < -0.39 is 0 Å². The third-order valence-electron chi connectivity index (χ3n) is 6.53. The summed E-state index contributed by atoms with van der Waals surface area (Å²) in [6.07, 6.45) is 3.79. The van der Waals surface area contributed by atoms with E-state index in [1.165, 1.54) is 5.69 Å². The number of pyridine rings is 1. The number of nitrogens with zero attached hydrogens (tertiary/aromatic N) is 3. The van der Waals surface area contributed by atoms with E-state index in [1.54, 1.807) is 21.3 Å². The summed E-state index contributed by atoms with van der Waals surface area (Å²) in [5.41, 5.74) is 6.39. The first-order valence-corrected chi connectivity index (χ1v) is 11.1. The van der Waals surface area contributed by atoms with Crippen LogP contribution in [0.3, 0.4) is 0 Å². The minimum Gasteiger partial charge on any atom is -0.493 e. The summed E-state index contributed by atoms with van der Waals surface area (Å²) < 4.78 is 22.9. The van der Waals surface area contributed by atoms with Crippen molar-refractivity contribution in [2.24, 2.45) is 0 Å². The Morgan fingerprint density at radius 2 is 1.52 bits per heavy atom. The van der Waals surface area contributed by atoms with Gasteiger partial charge in [-0.3, -0.25) is 4.98 Å². The average molecular weight is 448 g/mol. The maximum atomic E-state index is 6.27. The zero-order valence-corrected chi connectivity index (χ0v) is 19.6. The second-order valence-corrected chi connectivity index (χ2v) is 8.39. The van der Waals surface area contributed by atoms with Crippen LogP contribution in [0.15, 0.2) is 42.7 Å². The van der Waals surface area contributed by atoms with Crippen molar-refractivity contribution in [1.82, 2.24) is 9.88 Å². The summed E-state index contributed by atoms with van der Waals surface area (Å²) in [7, 11) is 7.02. The molecule has 0 aliphatic carbocycles. The molecule has 7 nitrogen and oxygen atoms in total. The van der Waals surface area contributed by atoms with E-state index >= 15 is 0 Å². The molecule has 33 heavy (non-hydrogen) atoms. The number of fused-ring (bicyclic) bond motifs is 3. The number of aromatic nitrogens is 1. The maximum absolute atomic E-state index is 6.27. The fourth-order valence-electron chi connectivity index (χ4n) is 4.62. The lowest BCUT2D eigenvalue weighted by atomic mass is 9.92. The highest BCUT2D eigenvalue weighted by Gasteiger charge is 2.24. The topological polar surface area (TPSA) is 56.3 Å². The Bertz CT molecular complexity index is 1150. The van der Waals surface area contributed by atoms with Crippen LogP contribution in [0.5, 0.6) is 23.0 Å². The number of anilines is 1. The zero-order valence-electron chi connectivity index (χ0n) is 19.6. The largest absolute Gasteiger partial charge is 0.493 e. The normalized spacial score (nSPS) is 15.3. The van der Waals surface area contributed by atoms with Gasteiger partial charge in [0, 0.05) is 72.6 Å². The molecule has 0 amide bonds. The summed E-state index contributed by atoms with van der Waals surface area (Å²) in [6.45, 7) is 4.67. The number of hydrogen-bond acceptors (Lipinski definition) is 7. The van der Waals surface area contributed by atoms with E-state index in [9.17, 15) is 0 Å². The van der Waals surface area contributed by atoms with Crippen molar-refractivity contribution >= 4 is 5.69 Å². The third kappa shape index (κ3) is 3.82. The van der Waals surface area contributed by atoms with Gasteiger partial charge in [0.1, 0.15) is 12.4 Å². The number of hydrogen-bond donors (Lipinski definition) is 0. The SMILES string of the molecule is COc1cc(-c2cncc3c2COc2cc(N4CCN(C)CC4)ccc2-3)cc(OC)c1OC. The molecule has 0 atom stereocenters. The number of benzene rings is 2. The summed E-state index contributed by atoms with van der Waals surface area (Å²) in [4.78, 5) is 9.34. The van der Waals surface area contributed by atoms with Gasteiger partial charge < -0.3 is 28.7 Å². The van der Waals surface area contributed by atoms with Crippen molar-refractivity contribution < 1.29 is 18.9 Å². The van der Waals surface area contributed by atoms with Crippen molar-refractivity contribution in [2.75, 3.05) is 59.5 Å². The first-order valence-electron chi connectivity index (χ1n) is 11.1. The molecule has 0 unspecified atom stereocenters. The zero-order chi connectivity index (χ0) is 22.9. The van der Waals surface area contributed by atoms with E-state index in [0.717, 1.165) is 59.7 Å². The molecule has 0 radical (unpaired) electrons. The summed E-state index contributed by atoms with van der Waals surface area (Å²) in [6, 6.07) is 10.4. The van der Waals surface area contributed by atoms with Crippen LogP contribution in [0.1, 0.15) is 5.56 Å². The quantitative estimate of drug-likeness (QED) is 0.584. The Morgan fingerprint density at radius 3 is 2.18 bits per heavy atom. The predicted octanol–water partition coefficient (Wildman–Crippen LogP) is 4.09. The van der Waals surface area contributed by atoms with Crippen LogP contribution in [0, 0.1) is 0 Å². The van der Waals surface area contributed by atoms with Gasteiger partial charge in [-0.2, -0.15) is 0 Å². The highest BCUT2D eigenvalue weighted by atomic mass is 16.5. The minimum atomic E-state index is 0.475. The Hall–Kier alpha value is -3.45. The van der Waals surface area contributed by atoms with E-state index in [-0.39, 0.29) is 0 Å². The van der Waals surface area contributed by atoms with Gasteiger partial charge >= 0.3 is 0 Å². The van der Waals surface area contributed by atoms with E-state index in [2.05, 4.69) is 40.0 Å². The molecule has 0 saturated carbocycles. The molecule has 1 fully saturated rings. The molecule has 3 heterocycles. The summed E-state index contributed by atoms with van der Waals surface area (Å²) in [5, 5.41) is 0. The number of piperazine rings is 1. The van der Waals surface area contributed by atoms with Crippen LogP contribution in [-0.4, -0.2) is 64.4 Å². The molecule has 1 aromatic heterocycles. The Morgan fingerprint density at radius 1 is 0.818 bits per heavy atom. The molecule has 1 saturated heterocycles. The van der Waals surface area contributed by atoms with Crippen LogP contribution in [0.4, 0.5) is 5.69 Å². The lowest BCUT2D eigenvalue weighted by Gasteiger charge is -2.34. The molecule has 0 spiro atoms. The van der Waals surface area contributed by atoms with Crippen molar-refractivity contribution in [3.05, 3.63) is 48.3 Å². The minimum absolute atomic E-state index is 0.475. The predicted molar refractivity (Wildman–Crippen MR) is 129 cm³/mol. The van der Waals surface area contributed by atoms with Gasteiger partial charge in [0.05, 0.1) is 21.3 Å². The Kier molecular flexibility index (Phi) is 5.72. The monoisotopic (exact) mass is 447 g/mol. The summed E-state index contributed by atoms with van der Waals surface area (Å²) in [5.74, 6) is 2.69. The number of rotatable bonds is 5.